The average Bonchev–Trinajstić information content (AvgIpc) is 2.75. The number of hydrazine groups is 1. The van der Waals surface area contributed by atoms with Crippen LogP contribution in [0.4, 0.5) is 4.39 Å². The van der Waals surface area contributed by atoms with Crippen molar-refractivity contribution in [2.45, 2.75) is 32.4 Å². The van der Waals surface area contributed by atoms with Crippen molar-refractivity contribution in [2.75, 3.05) is 13.1 Å². The SMILES string of the molecule is CC(Cc1ccccc1F)NCC1CNNC1C. The second-order valence-electron chi connectivity index (χ2n) is 5.18. The Morgan fingerprint density at radius 3 is 2.89 bits per heavy atom. The van der Waals surface area contributed by atoms with Gasteiger partial charge in [0.1, 0.15) is 5.82 Å². The third kappa shape index (κ3) is 3.51. The number of nitrogens with one attached hydrogen (secondary N) is 3. The molecule has 0 saturated carbocycles. The molecule has 1 saturated heterocycles. The quantitative estimate of drug-likeness (QED) is 0.741. The molecule has 4 heteroatoms. The molecule has 18 heavy (non-hydrogen) atoms. The van der Waals surface area contributed by atoms with Crippen LogP contribution in [-0.2, 0) is 6.42 Å². The molecule has 100 valence electrons. The third-order valence-corrected chi connectivity index (χ3v) is 3.61. The fraction of sp³-hybridized carbons (Fsp3) is 0.571. The number of hydrogen-bond acceptors (Lipinski definition) is 3. The van der Waals surface area contributed by atoms with Gasteiger partial charge in [0.2, 0.25) is 0 Å². The van der Waals surface area contributed by atoms with Crippen LogP contribution in [0.1, 0.15) is 19.4 Å². The van der Waals surface area contributed by atoms with E-state index in [4.69, 9.17) is 0 Å². The second-order valence-corrected chi connectivity index (χ2v) is 5.18. The van der Waals surface area contributed by atoms with Crippen LogP contribution in [-0.4, -0.2) is 25.2 Å². The summed E-state index contributed by atoms with van der Waals surface area (Å²) in [6.07, 6.45) is 0.731. The van der Waals surface area contributed by atoms with Crippen LogP contribution in [0.25, 0.3) is 0 Å². The largest absolute Gasteiger partial charge is 0.314 e. The number of rotatable bonds is 5. The minimum Gasteiger partial charge on any atom is -0.314 e. The molecule has 0 bridgehead atoms. The van der Waals surface area contributed by atoms with E-state index in [1.165, 1.54) is 6.07 Å². The number of hydrogen-bond donors (Lipinski definition) is 3. The molecule has 0 aliphatic carbocycles. The highest BCUT2D eigenvalue weighted by Crippen LogP contribution is 2.10. The lowest BCUT2D eigenvalue weighted by atomic mass is 10.0. The molecule has 1 aromatic carbocycles. The highest BCUT2D eigenvalue weighted by molar-refractivity contribution is 5.18. The van der Waals surface area contributed by atoms with Gasteiger partial charge < -0.3 is 5.32 Å². The van der Waals surface area contributed by atoms with Crippen LogP contribution in [0, 0.1) is 11.7 Å². The van der Waals surface area contributed by atoms with Crippen molar-refractivity contribution in [2.24, 2.45) is 5.92 Å². The maximum Gasteiger partial charge on any atom is 0.126 e. The van der Waals surface area contributed by atoms with E-state index in [9.17, 15) is 4.39 Å². The molecule has 1 aliphatic heterocycles. The minimum atomic E-state index is -0.108. The lowest BCUT2D eigenvalue weighted by Gasteiger charge is -2.19. The van der Waals surface area contributed by atoms with Gasteiger partial charge in [0.05, 0.1) is 0 Å². The Morgan fingerprint density at radius 1 is 1.44 bits per heavy atom. The summed E-state index contributed by atoms with van der Waals surface area (Å²) in [5.74, 6) is 0.483. The predicted molar refractivity (Wildman–Crippen MR) is 71.7 cm³/mol. The lowest BCUT2D eigenvalue weighted by molar-refractivity contribution is 0.420. The zero-order chi connectivity index (χ0) is 13.0. The van der Waals surface area contributed by atoms with Crippen molar-refractivity contribution >= 4 is 0 Å². The first-order chi connectivity index (χ1) is 8.66. The number of benzene rings is 1. The summed E-state index contributed by atoms with van der Waals surface area (Å²) in [7, 11) is 0. The molecular weight excluding hydrogens is 229 g/mol. The van der Waals surface area contributed by atoms with Crippen LogP contribution in [0.3, 0.4) is 0 Å². The molecule has 1 aromatic rings. The average molecular weight is 251 g/mol. The first-order valence-electron chi connectivity index (χ1n) is 6.62. The summed E-state index contributed by atoms with van der Waals surface area (Å²) in [6, 6.07) is 7.77. The molecule has 3 atom stereocenters. The highest BCUT2D eigenvalue weighted by atomic mass is 19.1. The maximum atomic E-state index is 13.5. The second kappa shape index (κ2) is 6.27. The molecule has 1 heterocycles. The predicted octanol–water partition coefficient (Wildman–Crippen LogP) is 1.46. The van der Waals surface area contributed by atoms with Gasteiger partial charge >= 0.3 is 0 Å². The normalized spacial score (nSPS) is 25.3. The van der Waals surface area contributed by atoms with Crippen LogP contribution >= 0.6 is 0 Å². The van der Waals surface area contributed by atoms with Crippen LogP contribution in [0.15, 0.2) is 24.3 Å². The Kier molecular flexibility index (Phi) is 4.69. The lowest BCUT2D eigenvalue weighted by Crippen LogP contribution is -2.37. The summed E-state index contributed by atoms with van der Waals surface area (Å²) in [4.78, 5) is 0. The van der Waals surface area contributed by atoms with E-state index in [1.54, 1.807) is 6.07 Å². The molecule has 2 rings (SSSR count). The molecule has 0 aromatic heterocycles. The van der Waals surface area contributed by atoms with Gasteiger partial charge in [0.25, 0.3) is 0 Å². The van der Waals surface area contributed by atoms with Crippen LogP contribution in [0.2, 0.25) is 0 Å². The van der Waals surface area contributed by atoms with E-state index in [0.717, 1.165) is 25.1 Å². The fourth-order valence-corrected chi connectivity index (χ4v) is 2.31. The maximum absolute atomic E-state index is 13.5. The van der Waals surface area contributed by atoms with Crippen molar-refractivity contribution in [3.05, 3.63) is 35.6 Å². The molecule has 0 radical (unpaired) electrons. The summed E-state index contributed by atoms with van der Waals surface area (Å²) in [5, 5.41) is 3.48. The van der Waals surface area contributed by atoms with Gasteiger partial charge in [0, 0.05) is 31.1 Å². The van der Waals surface area contributed by atoms with E-state index < -0.39 is 0 Å². The monoisotopic (exact) mass is 251 g/mol. The van der Waals surface area contributed by atoms with Crippen molar-refractivity contribution in [3.8, 4) is 0 Å². The van der Waals surface area contributed by atoms with Gasteiger partial charge in [-0.05, 0) is 31.9 Å². The zero-order valence-corrected chi connectivity index (χ0v) is 11.0. The molecule has 1 fully saturated rings. The van der Waals surface area contributed by atoms with Crippen molar-refractivity contribution in [1.29, 1.82) is 0 Å². The Hall–Kier alpha value is -0.970. The summed E-state index contributed by atoms with van der Waals surface area (Å²) in [6.45, 7) is 6.22. The van der Waals surface area contributed by atoms with Gasteiger partial charge in [-0.25, -0.2) is 4.39 Å². The fourth-order valence-electron chi connectivity index (χ4n) is 2.31. The Morgan fingerprint density at radius 2 is 2.22 bits per heavy atom. The highest BCUT2D eigenvalue weighted by Gasteiger charge is 2.22. The summed E-state index contributed by atoms with van der Waals surface area (Å²) >= 11 is 0. The van der Waals surface area contributed by atoms with Crippen LogP contribution < -0.4 is 16.2 Å². The Labute approximate surface area is 108 Å². The molecule has 3 N–H and O–H groups in total. The topological polar surface area (TPSA) is 36.1 Å². The molecule has 1 aliphatic rings. The van der Waals surface area contributed by atoms with Crippen LogP contribution in [0.5, 0.6) is 0 Å². The first-order valence-corrected chi connectivity index (χ1v) is 6.62. The van der Waals surface area contributed by atoms with Crippen molar-refractivity contribution < 1.29 is 4.39 Å². The number of halogens is 1. The summed E-state index contributed by atoms with van der Waals surface area (Å²) in [5.41, 5.74) is 7.14. The Balaban J connectivity index is 1.78. The summed E-state index contributed by atoms with van der Waals surface area (Å²) < 4.78 is 13.5. The van der Waals surface area contributed by atoms with Gasteiger partial charge in [0.15, 0.2) is 0 Å². The minimum absolute atomic E-state index is 0.108. The molecule has 0 spiro atoms. The smallest absolute Gasteiger partial charge is 0.126 e. The Bertz CT molecular complexity index is 383. The molecule has 0 amide bonds. The van der Waals surface area contributed by atoms with Gasteiger partial charge in [-0.15, -0.1) is 0 Å². The van der Waals surface area contributed by atoms with Crippen molar-refractivity contribution in [1.82, 2.24) is 16.2 Å². The van der Waals surface area contributed by atoms with Gasteiger partial charge in [-0.2, -0.15) is 0 Å². The van der Waals surface area contributed by atoms with E-state index in [-0.39, 0.29) is 11.9 Å². The van der Waals surface area contributed by atoms with E-state index in [1.807, 2.05) is 12.1 Å². The first kappa shape index (κ1) is 13.5. The van der Waals surface area contributed by atoms with E-state index in [2.05, 4.69) is 30.0 Å². The third-order valence-electron chi connectivity index (χ3n) is 3.61. The van der Waals surface area contributed by atoms with E-state index >= 15 is 0 Å². The van der Waals surface area contributed by atoms with Crippen molar-refractivity contribution in [3.63, 3.8) is 0 Å². The molecule has 3 unspecified atom stereocenters. The van der Waals surface area contributed by atoms with E-state index in [0.29, 0.717) is 12.0 Å². The zero-order valence-electron chi connectivity index (χ0n) is 11.0. The van der Waals surface area contributed by atoms with Gasteiger partial charge in [-0.1, -0.05) is 18.2 Å². The standard InChI is InChI=1S/C14H22FN3/c1-10(7-12-5-3-4-6-14(12)15)16-8-13-9-17-18-11(13)2/h3-6,10-11,13,16-18H,7-9H2,1-2H3. The molecule has 3 nitrogen and oxygen atoms in total. The molecular formula is C14H22FN3. The van der Waals surface area contributed by atoms with Gasteiger partial charge in [-0.3, -0.25) is 10.9 Å².